The van der Waals surface area contributed by atoms with Crippen molar-refractivity contribution in [2.45, 2.75) is 39.3 Å². The van der Waals surface area contributed by atoms with Crippen molar-refractivity contribution in [1.29, 1.82) is 0 Å². The van der Waals surface area contributed by atoms with Gasteiger partial charge in [-0.1, -0.05) is 30.3 Å². The van der Waals surface area contributed by atoms with E-state index in [0.717, 1.165) is 52.6 Å². The number of fused-ring (bicyclic) bond motifs is 1. The third-order valence-corrected chi connectivity index (χ3v) is 7.36. The molecule has 0 aliphatic carbocycles. The van der Waals surface area contributed by atoms with Gasteiger partial charge in [0.1, 0.15) is 5.01 Å². The van der Waals surface area contributed by atoms with Gasteiger partial charge in [0.25, 0.3) is 0 Å². The monoisotopic (exact) mass is 474 g/mol. The van der Waals surface area contributed by atoms with E-state index in [-0.39, 0.29) is 18.5 Å². The average Bonchev–Trinajstić information content (AvgIpc) is 3.58. The molecule has 0 spiro atoms. The van der Waals surface area contributed by atoms with Gasteiger partial charge in [-0.05, 0) is 51.0 Å². The summed E-state index contributed by atoms with van der Waals surface area (Å²) < 4.78 is 14.4. The smallest absolute Gasteiger partial charge is 0.339 e. The summed E-state index contributed by atoms with van der Waals surface area (Å²) in [6.45, 7) is 5.14. The SMILES string of the molecule is Cc1cc(C(=O)COC(=O)c2ccccc2-c2nc3ccccc3s2)c(C)n1C[C@@H]1CCCO1. The molecule has 5 rings (SSSR count). The molecular weight excluding hydrogens is 448 g/mol. The van der Waals surface area contributed by atoms with Gasteiger partial charge in [0, 0.05) is 35.7 Å². The highest BCUT2D eigenvalue weighted by molar-refractivity contribution is 7.21. The van der Waals surface area contributed by atoms with Gasteiger partial charge in [-0.2, -0.15) is 0 Å². The van der Waals surface area contributed by atoms with Crippen LogP contribution in [-0.2, 0) is 16.0 Å². The average molecular weight is 475 g/mol. The molecule has 4 aromatic rings. The van der Waals surface area contributed by atoms with Crippen LogP contribution in [0.25, 0.3) is 20.8 Å². The molecule has 0 N–H and O–H groups in total. The topological polar surface area (TPSA) is 70.4 Å². The van der Waals surface area contributed by atoms with Crippen molar-refractivity contribution in [1.82, 2.24) is 9.55 Å². The van der Waals surface area contributed by atoms with Crippen LogP contribution in [0.2, 0.25) is 0 Å². The van der Waals surface area contributed by atoms with Crippen LogP contribution in [0.15, 0.2) is 54.6 Å². The number of para-hydroxylation sites is 1. The summed E-state index contributed by atoms with van der Waals surface area (Å²) in [5, 5.41) is 0.748. The minimum Gasteiger partial charge on any atom is -0.454 e. The molecule has 0 saturated carbocycles. The summed E-state index contributed by atoms with van der Waals surface area (Å²) in [5.41, 5.74) is 4.46. The molecule has 0 amide bonds. The number of nitrogens with zero attached hydrogens (tertiary/aromatic N) is 2. The second-order valence-electron chi connectivity index (χ2n) is 8.56. The molecule has 6 nitrogen and oxygen atoms in total. The van der Waals surface area contributed by atoms with Crippen molar-refractivity contribution in [2.24, 2.45) is 0 Å². The highest BCUT2D eigenvalue weighted by Gasteiger charge is 2.23. The van der Waals surface area contributed by atoms with Gasteiger partial charge in [-0.25, -0.2) is 9.78 Å². The zero-order valence-corrected chi connectivity index (χ0v) is 20.1. The zero-order valence-electron chi connectivity index (χ0n) is 19.2. The Hall–Kier alpha value is -3.29. The molecule has 34 heavy (non-hydrogen) atoms. The van der Waals surface area contributed by atoms with E-state index in [2.05, 4.69) is 9.55 Å². The fourth-order valence-electron chi connectivity index (χ4n) is 4.48. The largest absolute Gasteiger partial charge is 0.454 e. The van der Waals surface area contributed by atoms with E-state index in [1.54, 1.807) is 12.1 Å². The van der Waals surface area contributed by atoms with Gasteiger partial charge < -0.3 is 14.0 Å². The van der Waals surface area contributed by atoms with Gasteiger partial charge in [-0.15, -0.1) is 11.3 Å². The van der Waals surface area contributed by atoms with E-state index in [9.17, 15) is 9.59 Å². The Balaban J connectivity index is 1.31. The lowest BCUT2D eigenvalue weighted by molar-refractivity contribution is 0.0475. The summed E-state index contributed by atoms with van der Waals surface area (Å²) in [7, 11) is 0. The number of rotatable bonds is 7. The van der Waals surface area contributed by atoms with Gasteiger partial charge in [0.2, 0.25) is 5.78 Å². The number of thiazole rings is 1. The van der Waals surface area contributed by atoms with Crippen LogP contribution in [0.1, 0.15) is 44.9 Å². The number of esters is 1. The minimum absolute atomic E-state index is 0.185. The number of Topliss-reactive ketones (excluding diaryl/α,β-unsaturated/α-hetero) is 1. The molecular formula is C27H26N2O4S. The fourth-order valence-corrected chi connectivity index (χ4v) is 5.48. The number of aryl methyl sites for hydroxylation is 1. The second kappa shape index (κ2) is 9.52. The van der Waals surface area contributed by atoms with Crippen LogP contribution in [-0.4, -0.2) is 40.6 Å². The van der Waals surface area contributed by atoms with E-state index in [0.29, 0.717) is 16.7 Å². The Labute approximate surface area is 202 Å². The van der Waals surface area contributed by atoms with Gasteiger partial charge in [0.05, 0.1) is 21.9 Å². The maximum Gasteiger partial charge on any atom is 0.339 e. The molecule has 1 saturated heterocycles. The molecule has 0 unspecified atom stereocenters. The molecule has 0 bridgehead atoms. The first-order valence-electron chi connectivity index (χ1n) is 11.4. The number of hydrogen-bond acceptors (Lipinski definition) is 6. The molecule has 1 atom stereocenters. The molecule has 1 aliphatic rings. The Morgan fingerprint density at radius 3 is 2.71 bits per heavy atom. The quantitative estimate of drug-likeness (QED) is 0.258. The van der Waals surface area contributed by atoms with Crippen LogP contribution < -0.4 is 0 Å². The lowest BCUT2D eigenvalue weighted by atomic mass is 10.1. The van der Waals surface area contributed by atoms with Crippen molar-refractivity contribution in [3.63, 3.8) is 0 Å². The molecule has 1 aliphatic heterocycles. The minimum atomic E-state index is -0.531. The standard InChI is InChI=1S/C27H26N2O4S/c1-17-14-22(18(2)29(17)15-19-8-7-13-32-19)24(30)16-33-27(31)21-10-4-3-9-20(21)26-28-23-11-5-6-12-25(23)34-26/h3-6,9-12,14,19H,7-8,13,15-16H2,1-2H3/t19-/m0/s1. The van der Waals surface area contributed by atoms with Crippen molar-refractivity contribution in [3.05, 3.63) is 77.1 Å². The maximum atomic E-state index is 13.0. The Kier molecular flexibility index (Phi) is 6.30. The van der Waals surface area contributed by atoms with Gasteiger partial charge >= 0.3 is 5.97 Å². The van der Waals surface area contributed by atoms with Gasteiger partial charge in [-0.3, -0.25) is 4.79 Å². The summed E-state index contributed by atoms with van der Waals surface area (Å²) in [6, 6.07) is 16.9. The summed E-state index contributed by atoms with van der Waals surface area (Å²) in [4.78, 5) is 30.6. The molecule has 0 radical (unpaired) electrons. The van der Waals surface area contributed by atoms with E-state index in [1.165, 1.54) is 11.3 Å². The normalized spacial score (nSPS) is 15.6. The fraction of sp³-hybridized carbons (Fsp3) is 0.296. The number of carbonyl (C=O) groups is 2. The Morgan fingerprint density at radius 1 is 1.12 bits per heavy atom. The first kappa shape index (κ1) is 22.5. The van der Waals surface area contributed by atoms with E-state index in [1.807, 2.05) is 56.3 Å². The van der Waals surface area contributed by atoms with Crippen LogP contribution >= 0.6 is 11.3 Å². The Bertz CT molecular complexity index is 1330. The van der Waals surface area contributed by atoms with Crippen molar-refractivity contribution >= 4 is 33.3 Å². The predicted octanol–water partition coefficient (Wildman–Crippen LogP) is 5.60. The highest BCUT2D eigenvalue weighted by Crippen LogP contribution is 2.32. The van der Waals surface area contributed by atoms with Crippen LogP contribution in [0, 0.1) is 13.8 Å². The van der Waals surface area contributed by atoms with Crippen LogP contribution in [0.5, 0.6) is 0 Å². The summed E-state index contributed by atoms with van der Waals surface area (Å²) in [5.74, 6) is -0.742. The second-order valence-corrected chi connectivity index (χ2v) is 9.59. The van der Waals surface area contributed by atoms with Crippen LogP contribution in [0.4, 0.5) is 0 Å². The van der Waals surface area contributed by atoms with Gasteiger partial charge in [0.15, 0.2) is 6.61 Å². The predicted molar refractivity (Wildman–Crippen MR) is 133 cm³/mol. The number of aromatic nitrogens is 2. The first-order valence-corrected chi connectivity index (χ1v) is 12.3. The van der Waals surface area contributed by atoms with E-state index < -0.39 is 5.97 Å². The third kappa shape index (κ3) is 4.41. The summed E-state index contributed by atoms with van der Waals surface area (Å²) in [6.07, 6.45) is 2.29. The lowest BCUT2D eigenvalue weighted by Gasteiger charge is -2.14. The first-order chi connectivity index (χ1) is 16.5. The van der Waals surface area contributed by atoms with Crippen molar-refractivity contribution in [2.75, 3.05) is 13.2 Å². The van der Waals surface area contributed by atoms with Crippen molar-refractivity contribution in [3.8, 4) is 10.6 Å². The number of carbonyl (C=O) groups excluding carboxylic acids is 2. The number of hydrogen-bond donors (Lipinski definition) is 0. The van der Waals surface area contributed by atoms with E-state index in [4.69, 9.17) is 9.47 Å². The number of benzene rings is 2. The number of ketones is 1. The lowest BCUT2D eigenvalue weighted by Crippen LogP contribution is -2.18. The molecule has 3 heterocycles. The third-order valence-electron chi connectivity index (χ3n) is 6.29. The molecule has 7 heteroatoms. The number of ether oxygens (including phenoxy) is 2. The molecule has 1 fully saturated rings. The van der Waals surface area contributed by atoms with E-state index >= 15 is 0 Å². The molecule has 2 aromatic carbocycles. The maximum absolute atomic E-state index is 13.0. The highest BCUT2D eigenvalue weighted by atomic mass is 32.1. The van der Waals surface area contributed by atoms with Crippen LogP contribution in [0.3, 0.4) is 0 Å². The van der Waals surface area contributed by atoms with Crippen molar-refractivity contribution < 1.29 is 19.1 Å². The Morgan fingerprint density at radius 2 is 1.91 bits per heavy atom. The summed E-state index contributed by atoms with van der Waals surface area (Å²) >= 11 is 1.52. The zero-order chi connectivity index (χ0) is 23.7. The molecule has 174 valence electrons. The molecule has 2 aromatic heterocycles.